The molecule has 2 aromatic rings. The van der Waals surface area contributed by atoms with Gasteiger partial charge in [-0.2, -0.15) is 8.42 Å². The molecule has 7 nitrogen and oxygen atoms in total. The maximum absolute atomic E-state index is 11.9. The van der Waals surface area contributed by atoms with Crippen molar-refractivity contribution in [3.05, 3.63) is 30.9 Å². The molecule has 0 radical (unpaired) electrons. The Kier molecular flexibility index (Phi) is 2.96. The Balaban J connectivity index is 2.33. The third kappa shape index (κ3) is 2.36. The molecule has 90 valence electrons. The molecule has 0 aliphatic rings. The van der Waals surface area contributed by atoms with Crippen LogP contribution in [0.3, 0.4) is 0 Å². The van der Waals surface area contributed by atoms with Gasteiger partial charge in [0, 0.05) is 6.20 Å². The van der Waals surface area contributed by atoms with Gasteiger partial charge >= 0.3 is 0 Å². The molecule has 0 aliphatic heterocycles. The van der Waals surface area contributed by atoms with E-state index in [1.807, 2.05) is 0 Å². The average Bonchev–Trinajstić information content (AvgIpc) is 2.83. The van der Waals surface area contributed by atoms with Gasteiger partial charge in [0.05, 0.1) is 19.6 Å². The third-order valence-electron chi connectivity index (χ3n) is 1.97. The molecule has 0 unspecified atom stereocenters. The Morgan fingerprint density at radius 1 is 1.47 bits per heavy atom. The van der Waals surface area contributed by atoms with Crippen molar-refractivity contribution < 1.29 is 13.2 Å². The van der Waals surface area contributed by atoms with Crippen LogP contribution in [0.2, 0.25) is 0 Å². The molecule has 0 bridgehead atoms. The Bertz CT molecular complexity index is 594. The average molecular weight is 254 g/mol. The number of methoxy groups -OCH3 is 1. The largest absolute Gasteiger partial charge is 0.480 e. The van der Waals surface area contributed by atoms with Crippen LogP contribution in [0, 0.1) is 0 Å². The number of hydrogen-bond donors (Lipinski definition) is 2. The summed E-state index contributed by atoms with van der Waals surface area (Å²) in [5.41, 5.74) is 0.268. The van der Waals surface area contributed by atoms with E-state index in [2.05, 4.69) is 19.7 Å². The molecule has 2 N–H and O–H groups in total. The lowest BCUT2D eigenvalue weighted by Gasteiger charge is -2.08. The van der Waals surface area contributed by atoms with Gasteiger partial charge in [0.25, 0.3) is 10.0 Å². The Morgan fingerprint density at radius 2 is 2.29 bits per heavy atom. The number of nitrogens with one attached hydrogen (secondary N) is 2. The van der Waals surface area contributed by atoms with E-state index in [1.54, 1.807) is 12.1 Å². The van der Waals surface area contributed by atoms with Crippen LogP contribution in [0.4, 0.5) is 5.69 Å². The molecular weight excluding hydrogens is 244 g/mol. The normalized spacial score (nSPS) is 11.1. The maximum atomic E-state index is 11.9. The SMILES string of the molecule is COc1ncccc1NS(=O)(=O)c1cnc[nH]1. The maximum Gasteiger partial charge on any atom is 0.279 e. The van der Waals surface area contributed by atoms with Crippen LogP contribution < -0.4 is 9.46 Å². The van der Waals surface area contributed by atoms with Gasteiger partial charge in [-0.15, -0.1) is 0 Å². The Morgan fingerprint density at radius 3 is 2.94 bits per heavy atom. The fraction of sp³-hybridized carbons (Fsp3) is 0.111. The molecule has 0 aromatic carbocycles. The van der Waals surface area contributed by atoms with Crippen molar-refractivity contribution >= 4 is 15.7 Å². The topological polar surface area (TPSA) is 97.0 Å². The van der Waals surface area contributed by atoms with Crippen molar-refractivity contribution in [2.45, 2.75) is 5.03 Å². The summed E-state index contributed by atoms with van der Waals surface area (Å²) in [5, 5.41) is -0.0246. The highest BCUT2D eigenvalue weighted by Gasteiger charge is 2.17. The zero-order valence-electron chi connectivity index (χ0n) is 8.91. The molecule has 0 atom stereocenters. The van der Waals surface area contributed by atoms with Crippen LogP contribution in [-0.2, 0) is 10.0 Å². The summed E-state index contributed by atoms with van der Waals surface area (Å²) in [7, 11) is -2.28. The van der Waals surface area contributed by atoms with Crippen LogP contribution >= 0.6 is 0 Å². The van der Waals surface area contributed by atoms with Crippen LogP contribution in [0.15, 0.2) is 35.9 Å². The molecule has 2 aromatic heterocycles. The second-order valence-electron chi connectivity index (χ2n) is 3.08. The number of rotatable bonds is 4. The molecule has 8 heteroatoms. The first kappa shape index (κ1) is 11.4. The standard InChI is InChI=1S/C9H10N4O3S/c1-16-9-7(3-2-4-11-9)13-17(14,15)8-5-10-6-12-8/h2-6,13H,1H3,(H,10,12). The highest BCUT2D eigenvalue weighted by atomic mass is 32.2. The summed E-state index contributed by atoms with van der Waals surface area (Å²) < 4.78 is 31.0. The molecule has 0 saturated heterocycles. The highest BCUT2D eigenvalue weighted by molar-refractivity contribution is 7.92. The van der Waals surface area contributed by atoms with Gasteiger partial charge in [-0.3, -0.25) is 4.72 Å². The second-order valence-corrected chi connectivity index (χ2v) is 4.73. The summed E-state index contributed by atoms with van der Waals surface area (Å²) in [6.07, 6.45) is 4.01. The van der Waals surface area contributed by atoms with Crippen molar-refractivity contribution in [2.75, 3.05) is 11.8 Å². The van der Waals surface area contributed by atoms with Crippen LogP contribution in [0.25, 0.3) is 0 Å². The van der Waals surface area contributed by atoms with E-state index in [9.17, 15) is 8.42 Å². The molecule has 2 rings (SSSR count). The van der Waals surface area contributed by atoms with Crippen LogP contribution in [0.5, 0.6) is 5.88 Å². The van der Waals surface area contributed by atoms with Crippen molar-refractivity contribution in [2.24, 2.45) is 0 Å². The Hall–Kier alpha value is -2.09. The second kappa shape index (κ2) is 4.42. The minimum absolute atomic E-state index is 0.0246. The molecule has 0 spiro atoms. The fourth-order valence-corrected chi connectivity index (χ4v) is 2.18. The first-order valence-electron chi connectivity index (χ1n) is 4.63. The summed E-state index contributed by atoms with van der Waals surface area (Å²) in [6.45, 7) is 0. The first-order chi connectivity index (χ1) is 8.13. The summed E-state index contributed by atoms with van der Waals surface area (Å²) >= 11 is 0. The molecule has 0 amide bonds. The van der Waals surface area contributed by atoms with Crippen molar-refractivity contribution in [1.29, 1.82) is 0 Å². The van der Waals surface area contributed by atoms with E-state index in [-0.39, 0.29) is 16.6 Å². The summed E-state index contributed by atoms with van der Waals surface area (Å²) in [6, 6.07) is 3.16. The van der Waals surface area contributed by atoms with E-state index in [0.717, 1.165) is 0 Å². The molecule has 17 heavy (non-hydrogen) atoms. The monoisotopic (exact) mass is 254 g/mol. The predicted molar refractivity (Wildman–Crippen MR) is 60.2 cm³/mol. The highest BCUT2D eigenvalue weighted by Crippen LogP contribution is 2.22. The molecule has 2 heterocycles. The van der Waals surface area contributed by atoms with Crippen molar-refractivity contribution in [1.82, 2.24) is 15.0 Å². The molecular formula is C9H10N4O3S. The summed E-state index contributed by atoms with van der Waals surface area (Å²) in [5.74, 6) is 0.204. The van der Waals surface area contributed by atoms with Gasteiger partial charge in [0.15, 0.2) is 5.03 Å². The smallest absolute Gasteiger partial charge is 0.279 e. The molecule has 0 aliphatic carbocycles. The van der Waals surface area contributed by atoms with Gasteiger partial charge in [-0.1, -0.05) is 0 Å². The number of aromatic amines is 1. The molecule has 0 saturated carbocycles. The van der Waals surface area contributed by atoms with Gasteiger partial charge < -0.3 is 9.72 Å². The van der Waals surface area contributed by atoms with E-state index in [0.29, 0.717) is 0 Å². The molecule has 0 fully saturated rings. The summed E-state index contributed by atoms with van der Waals surface area (Å²) in [4.78, 5) is 10.1. The lowest BCUT2D eigenvalue weighted by Crippen LogP contribution is -2.14. The fourth-order valence-electron chi connectivity index (χ4n) is 1.22. The van der Waals surface area contributed by atoms with Crippen LogP contribution in [0.1, 0.15) is 0 Å². The lowest BCUT2D eigenvalue weighted by atomic mass is 10.4. The van der Waals surface area contributed by atoms with E-state index in [4.69, 9.17) is 4.74 Å². The number of aromatic nitrogens is 3. The van der Waals surface area contributed by atoms with E-state index >= 15 is 0 Å². The number of hydrogen-bond acceptors (Lipinski definition) is 5. The zero-order chi connectivity index (χ0) is 12.3. The number of imidazole rings is 1. The van der Waals surface area contributed by atoms with E-state index in [1.165, 1.54) is 25.8 Å². The van der Waals surface area contributed by atoms with E-state index < -0.39 is 10.0 Å². The van der Waals surface area contributed by atoms with Crippen molar-refractivity contribution in [3.8, 4) is 5.88 Å². The lowest BCUT2D eigenvalue weighted by molar-refractivity contribution is 0.400. The number of sulfonamides is 1. The number of nitrogens with zero attached hydrogens (tertiary/aromatic N) is 2. The third-order valence-corrected chi connectivity index (χ3v) is 3.26. The van der Waals surface area contributed by atoms with Gasteiger partial charge in [-0.25, -0.2) is 9.97 Å². The quantitative estimate of drug-likeness (QED) is 0.833. The number of anilines is 1. The minimum Gasteiger partial charge on any atom is -0.480 e. The van der Waals surface area contributed by atoms with Gasteiger partial charge in [-0.05, 0) is 12.1 Å². The minimum atomic E-state index is -3.69. The van der Waals surface area contributed by atoms with Gasteiger partial charge in [0.1, 0.15) is 5.69 Å². The van der Waals surface area contributed by atoms with Gasteiger partial charge in [0.2, 0.25) is 5.88 Å². The number of pyridine rings is 1. The van der Waals surface area contributed by atoms with Crippen LogP contribution in [-0.4, -0.2) is 30.5 Å². The number of ether oxygens (including phenoxy) is 1. The first-order valence-corrected chi connectivity index (χ1v) is 6.12. The predicted octanol–water partition coefficient (Wildman–Crippen LogP) is 0.614. The Labute approximate surface area is 97.9 Å². The van der Waals surface area contributed by atoms with Crippen molar-refractivity contribution in [3.63, 3.8) is 0 Å². The zero-order valence-corrected chi connectivity index (χ0v) is 9.73. The number of H-pyrrole nitrogens is 1.